The van der Waals surface area contributed by atoms with E-state index >= 15 is 0 Å². The number of anilines is 1. The van der Waals surface area contributed by atoms with Gasteiger partial charge in [-0.15, -0.1) is 22.7 Å². The van der Waals surface area contributed by atoms with Gasteiger partial charge in [-0.3, -0.25) is 0 Å². The number of halogens is 1. The quantitative estimate of drug-likeness (QED) is 0.655. The predicted molar refractivity (Wildman–Crippen MR) is 91.6 cm³/mol. The molecule has 0 aliphatic carbocycles. The maximum Gasteiger partial charge on any atom is 0.123 e. The summed E-state index contributed by atoms with van der Waals surface area (Å²) in [5, 5.41) is 6.53. The minimum atomic E-state index is 0.846. The molecule has 1 N–H and O–H groups in total. The average molecular weight is 365 g/mol. The van der Waals surface area contributed by atoms with Gasteiger partial charge in [0.25, 0.3) is 0 Å². The SMILES string of the molecule is Cc1sc(CNc2cccc(-c3nccs3)c2)cc1Br. The van der Waals surface area contributed by atoms with Crippen LogP contribution < -0.4 is 5.32 Å². The van der Waals surface area contributed by atoms with E-state index in [0.717, 1.165) is 22.8 Å². The summed E-state index contributed by atoms with van der Waals surface area (Å²) in [6.45, 7) is 2.97. The van der Waals surface area contributed by atoms with Crippen molar-refractivity contribution < 1.29 is 0 Å². The minimum Gasteiger partial charge on any atom is -0.380 e. The fraction of sp³-hybridized carbons (Fsp3) is 0.133. The first-order chi connectivity index (χ1) is 9.72. The van der Waals surface area contributed by atoms with Crippen LogP contribution in [0.5, 0.6) is 0 Å². The second kappa shape index (κ2) is 6.08. The molecular weight excluding hydrogens is 352 g/mol. The van der Waals surface area contributed by atoms with Gasteiger partial charge in [0, 0.05) is 43.6 Å². The summed E-state index contributed by atoms with van der Waals surface area (Å²) < 4.78 is 1.19. The van der Waals surface area contributed by atoms with Crippen molar-refractivity contribution in [3.8, 4) is 10.6 Å². The molecule has 0 spiro atoms. The lowest BCUT2D eigenvalue weighted by Gasteiger charge is -2.06. The normalized spacial score (nSPS) is 10.7. The lowest BCUT2D eigenvalue weighted by molar-refractivity contribution is 1.19. The molecular formula is C15H13BrN2S2. The molecule has 2 heterocycles. The molecule has 0 amide bonds. The van der Waals surface area contributed by atoms with Crippen LogP contribution >= 0.6 is 38.6 Å². The van der Waals surface area contributed by atoms with Crippen LogP contribution in [0, 0.1) is 6.92 Å². The number of thiazole rings is 1. The van der Waals surface area contributed by atoms with E-state index in [1.54, 1.807) is 11.3 Å². The molecule has 0 fully saturated rings. The summed E-state index contributed by atoms with van der Waals surface area (Å²) in [7, 11) is 0. The molecule has 0 aliphatic rings. The summed E-state index contributed by atoms with van der Waals surface area (Å²) in [6.07, 6.45) is 1.84. The fourth-order valence-corrected chi connectivity index (χ4v) is 4.10. The van der Waals surface area contributed by atoms with E-state index in [-0.39, 0.29) is 0 Å². The van der Waals surface area contributed by atoms with E-state index in [2.05, 4.69) is 63.5 Å². The fourth-order valence-electron chi connectivity index (χ4n) is 1.92. The molecule has 0 unspecified atom stereocenters. The molecule has 5 heteroatoms. The monoisotopic (exact) mass is 364 g/mol. The molecule has 0 saturated heterocycles. The van der Waals surface area contributed by atoms with Crippen molar-refractivity contribution in [1.29, 1.82) is 0 Å². The lowest BCUT2D eigenvalue weighted by Crippen LogP contribution is -1.97. The van der Waals surface area contributed by atoms with E-state index in [9.17, 15) is 0 Å². The number of hydrogen-bond acceptors (Lipinski definition) is 4. The standard InChI is InChI=1S/C15H13BrN2S2/c1-10-14(16)8-13(20-10)9-18-12-4-2-3-11(7-12)15-17-5-6-19-15/h2-8,18H,9H2,1H3. The number of hydrogen-bond donors (Lipinski definition) is 1. The molecule has 3 rings (SSSR count). The van der Waals surface area contributed by atoms with Crippen LogP contribution in [0.3, 0.4) is 0 Å². The van der Waals surface area contributed by atoms with Crippen LogP contribution in [0.2, 0.25) is 0 Å². The van der Waals surface area contributed by atoms with Gasteiger partial charge in [0.1, 0.15) is 5.01 Å². The Hall–Kier alpha value is -1.17. The Morgan fingerprint density at radius 1 is 1.30 bits per heavy atom. The van der Waals surface area contributed by atoms with Crippen molar-refractivity contribution >= 4 is 44.3 Å². The Morgan fingerprint density at radius 2 is 2.20 bits per heavy atom. The van der Waals surface area contributed by atoms with E-state index in [1.165, 1.54) is 14.2 Å². The van der Waals surface area contributed by atoms with Gasteiger partial charge in [0.15, 0.2) is 0 Å². The molecule has 1 aromatic carbocycles. The van der Waals surface area contributed by atoms with Gasteiger partial charge in [0.2, 0.25) is 0 Å². The molecule has 0 bridgehead atoms. The Morgan fingerprint density at radius 3 is 2.90 bits per heavy atom. The first-order valence-corrected chi connectivity index (χ1v) is 8.70. The third-order valence-electron chi connectivity index (χ3n) is 2.92. The van der Waals surface area contributed by atoms with Crippen molar-refractivity contribution in [2.24, 2.45) is 0 Å². The molecule has 2 nitrogen and oxygen atoms in total. The van der Waals surface area contributed by atoms with Gasteiger partial charge in [-0.25, -0.2) is 4.98 Å². The summed E-state index contributed by atoms with van der Waals surface area (Å²) in [6, 6.07) is 10.6. The summed E-state index contributed by atoms with van der Waals surface area (Å²) in [5.41, 5.74) is 2.29. The Balaban J connectivity index is 1.73. The smallest absolute Gasteiger partial charge is 0.123 e. The van der Waals surface area contributed by atoms with E-state index in [0.29, 0.717) is 0 Å². The third-order valence-corrected chi connectivity index (χ3v) is 5.88. The molecule has 0 radical (unpaired) electrons. The second-order valence-corrected chi connectivity index (χ2v) is 7.48. The second-order valence-electron chi connectivity index (χ2n) is 4.39. The summed E-state index contributed by atoms with van der Waals surface area (Å²) >= 11 is 7.03. The highest BCUT2D eigenvalue weighted by molar-refractivity contribution is 9.10. The number of thiophene rings is 1. The van der Waals surface area contributed by atoms with Crippen molar-refractivity contribution in [3.05, 3.63) is 56.1 Å². The third kappa shape index (κ3) is 3.11. The van der Waals surface area contributed by atoms with Crippen LogP contribution in [-0.2, 0) is 6.54 Å². The van der Waals surface area contributed by atoms with Crippen LogP contribution in [0.15, 0.2) is 46.4 Å². The van der Waals surface area contributed by atoms with Gasteiger partial charge in [-0.05, 0) is 41.1 Å². The van der Waals surface area contributed by atoms with Crippen LogP contribution in [0.4, 0.5) is 5.69 Å². The molecule has 0 aliphatic heterocycles. The van der Waals surface area contributed by atoms with E-state index in [4.69, 9.17) is 0 Å². The van der Waals surface area contributed by atoms with Crippen LogP contribution in [0.1, 0.15) is 9.75 Å². The van der Waals surface area contributed by atoms with Crippen LogP contribution in [0.25, 0.3) is 10.6 Å². The maximum absolute atomic E-state index is 4.35. The molecule has 0 saturated carbocycles. The highest BCUT2D eigenvalue weighted by atomic mass is 79.9. The lowest BCUT2D eigenvalue weighted by atomic mass is 10.2. The number of aromatic nitrogens is 1. The first kappa shape index (κ1) is 13.8. The van der Waals surface area contributed by atoms with Crippen molar-refractivity contribution in [1.82, 2.24) is 4.98 Å². The van der Waals surface area contributed by atoms with Gasteiger partial charge in [-0.2, -0.15) is 0 Å². The zero-order chi connectivity index (χ0) is 13.9. The molecule has 20 heavy (non-hydrogen) atoms. The number of benzene rings is 1. The number of nitrogens with one attached hydrogen (secondary N) is 1. The zero-order valence-electron chi connectivity index (χ0n) is 10.9. The van der Waals surface area contributed by atoms with Crippen LogP contribution in [-0.4, -0.2) is 4.98 Å². The molecule has 0 atom stereocenters. The number of aryl methyl sites for hydroxylation is 1. The summed E-state index contributed by atoms with van der Waals surface area (Å²) in [4.78, 5) is 6.99. The minimum absolute atomic E-state index is 0.846. The molecule has 2 aromatic heterocycles. The molecule has 3 aromatic rings. The summed E-state index contributed by atoms with van der Waals surface area (Å²) in [5.74, 6) is 0. The Kier molecular flexibility index (Phi) is 4.19. The molecule has 102 valence electrons. The van der Waals surface area contributed by atoms with Gasteiger partial charge in [0.05, 0.1) is 0 Å². The maximum atomic E-state index is 4.35. The van der Waals surface area contributed by atoms with Gasteiger partial charge in [-0.1, -0.05) is 12.1 Å². The zero-order valence-corrected chi connectivity index (χ0v) is 14.1. The highest BCUT2D eigenvalue weighted by Crippen LogP contribution is 2.28. The van der Waals surface area contributed by atoms with Crippen molar-refractivity contribution in [2.45, 2.75) is 13.5 Å². The first-order valence-electron chi connectivity index (χ1n) is 6.21. The van der Waals surface area contributed by atoms with E-state index < -0.39 is 0 Å². The average Bonchev–Trinajstić information content (AvgIpc) is 3.08. The highest BCUT2D eigenvalue weighted by Gasteiger charge is 2.04. The van der Waals surface area contributed by atoms with Gasteiger partial charge < -0.3 is 5.32 Å². The van der Waals surface area contributed by atoms with Crippen molar-refractivity contribution in [2.75, 3.05) is 5.32 Å². The Bertz CT molecular complexity index is 685. The predicted octanol–water partition coefficient (Wildman–Crippen LogP) is 5.55. The Labute approximate surface area is 134 Å². The topological polar surface area (TPSA) is 24.9 Å². The van der Waals surface area contributed by atoms with Gasteiger partial charge >= 0.3 is 0 Å². The van der Waals surface area contributed by atoms with E-state index in [1.807, 2.05) is 22.9 Å². The largest absolute Gasteiger partial charge is 0.380 e. The van der Waals surface area contributed by atoms with Crippen molar-refractivity contribution in [3.63, 3.8) is 0 Å². The number of nitrogens with zero attached hydrogens (tertiary/aromatic N) is 1. The number of rotatable bonds is 4.